The van der Waals surface area contributed by atoms with E-state index in [2.05, 4.69) is 46.7 Å². The smallest absolute Gasteiger partial charge is 0.166 e. The fourth-order valence-electron chi connectivity index (χ4n) is 3.41. The standard InChI is InChI=1S/C20H16FN3S2.C8H9ClS/c1-13-8-11-25-17(13)12-26-20-23-18(14-2-4-16(21)5-3-14)19(24-20)15-6-9-22-10-7-15;1-10-8-4-2-3-7(5-8)6-9/h2-11H,12H2,1H3,(H,23,24);2-5H,6H2,1H3. The van der Waals surface area contributed by atoms with E-state index >= 15 is 0 Å². The Morgan fingerprint density at radius 2 is 1.78 bits per heavy atom. The number of pyridine rings is 1. The number of imidazole rings is 1. The molecule has 2 aromatic carbocycles. The Bertz CT molecular complexity index is 1370. The Morgan fingerprint density at radius 3 is 2.44 bits per heavy atom. The lowest BCUT2D eigenvalue weighted by Gasteiger charge is -2.02. The van der Waals surface area contributed by atoms with E-state index in [1.54, 1.807) is 59.4 Å². The molecule has 36 heavy (non-hydrogen) atoms. The Balaban J connectivity index is 0.000000256. The molecule has 0 unspecified atom stereocenters. The Kier molecular flexibility index (Phi) is 9.64. The molecule has 0 fully saturated rings. The van der Waals surface area contributed by atoms with Crippen molar-refractivity contribution in [1.82, 2.24) is 15.0 Å². The molecule has 0 atom stereocenters. The molecule has 0 aliphatic heterocycles. The van der Waals surface area contributed by atoms with E-state index in [-0.39, 0.29) is 5.82 Å². The third-order valence-electron chi connectivity index (χ3n) is 5.37. The molecule has 0 spiro atoms. The van der Waals surface area contributed by atoms with Gasteiger partial charge in [-0.25, -0.2) is 9.37 Å². The van der Waals surface area contributed by atoms with Crippen LogP contribution in [-0.4, -0.2) is 21.2 Å². The number of thioether (sulfide) groups is 2. The molecule has 5 aromatic rings. The van der Waals surface area contributed by atoms with E-state index in [4.69, 9.17) is 16.6 Å². The van der Waals surface area contributed by atoms with Crippen molar-refractivity contribution in [2.75, 3.05) is 6.26 Å². The van der Waals surface area contributed by atoms with Crippen LogP contribution in [0.5, 0.6) is 0 Å². The topological polar surface area (TPSA) is 41.6 Å². The minimum atomic E-state index is -0.249. The highest BCUT2D eigenvalue weighted by Gasteiger charge is 2.15. The maximum atomic E-state index is 13.3. The number of aryl methyl sites for hydroxylation is 1. The number of H-pyrrole nitrogens is 1. The van der Waals surface area contributed by atoms with Gasteiger partial charge in [0.25, 0.3) is 0 Å². The first-order chi connectivity index (χ1) is 17.6. The predicted molar refractivity (Wildman–Crippen MR) is 154 cm³/mol. The zero-order valence-electron chi connectivity index (χ0n) is 19.9. The minimum absolute atomic E-state index is 0.249. The second-order valence-corrected chi connectivity index (χ2v) is 10.9. The number of halogens is 2. The summed E-state index contributed by atoms with van der Waals surface area (Å²) in [6, 6.07) is 20.7. The Morgan fingerprint density at radius 1 is 1.00 bits per heavy atom. The van der Waals surface area contributed by atoms with Crippen LogP contribution in [0.2, 0.25) is 0 Å². The Labute approximate surface area is 228 Å². The third-order valence-corrected chi connectivity index (χ3v) is 8.50. The van der Waals surface area contributed by atoms with Crippen molar-refractivity contribution in [1.29, 1.82) is 0 Å². The largest absolute Gasteiger partial charge is 0.332 e. The first-order valence-corrected chi connectivity index (χ1v) is 14.8. The van der Waals surface area contributed by atoms with Gasteiger partial charge in [0.1, 0.15) is 5.82 Å². The maximum absolute atomic E-state index is 13.3. The fraction of sp³-hybridized carbons (Fsp3) is 0.143. The summed E-state index contributed by atoms with van der Waals surface area (Å²) in [6.07, 6.45) is 5.56. The first kappa shape index (κ1) is 26.5. The zero-order chi connectivity index (χ0) is 25.3. The van der Waals surface area contributed by atoms with Gasteiger partial charge in [0, 0.05) is 44.9 Å². The molecule has 3 heterocycles. The van der Waals surface area contributed by atoms with Crippen LogP contribution in [-0.2, 0) is 11.6 Å². The highest BCUT2D eigenvalue weighted by Crippen LogP contribution is 2.34. The second kappa shape index (κ2) is 13.1. The summed E-state index contributed by atoms with van der Waals surface area (Å²) >= 11 is 10.8. The molecule has 0 aliphatic carbocycles. The van der Waals surface area contributed by atoms with Gasteiger partial charge in [0.05, 0.1) is 11.4 Å². The summed E-state index contributed by atoms with van der Waals surface area (Å²) in [5.41, 5.74) is 6.13. The van der Waals surface area contributed by atoms with Crippen molar-refractivity contribution >= 4 is 46.5 Å². The van der Waals surface area contributed by atoms with Crippen LogP contribution >= 0.6 is 46.5 Å². The molecule has 0 aliphatic rings. The van der Waals surface area contributed by atoms with Crippen LogP contribution in [0.25, 0.3) is 22.5 Å². The monoisotopic (exact) mass is 553 g/mol. The van der Waals surface area contributed by atoms with Gasteiger partial charge >= 0.3 is 0 Å². The van der Waals surface area contributed by atoms with Gasteiger partial charge in [0.2, 0.25) is 0 Å². The van der Waals surface area contributed by atoms with E-state index in [0.717, 1.165) is 33.4 Å². The number of nitrogens with zero attached hydrogens (tertiary/aromatic N) is 2. The minimum Gasteiger partial charge on any atom is -0.332 e. The number of hydrogen-bond donors (Lipinski definition) is 1. The van der Waals surface area contributed by atoms with Gasteiger partial charge in [-0.05, 0) is 84.3 Å². The molecule has 0 bridgehead atoms. The van der Waals surface area contributed by atoms with Crippen molar-refractivity contribution in [2.24, 2.45) is 0 Å². The van der Waals surface area contributed by atoms with Crippen LogP contribution in [0.1, 0.15) is 16.0 Å². The van der Waals surface area contributed by atoms with Crippen LogP contribution in [0.4, 0.5) is 4.39 Å². The van der Waals surface area contributed by atoms with Gasteiger partial charge in [-0.15, -0.1) is 34.7 Å². The van der Waals surface area contributed by atoms with E-state index in [0.29, 0.717) is 5.88 Å². The number of rotatable bonds is 7. The summed E-state index contributed by atoms with van der Waals surface area (Å²) in [7, 11) is 0. The highest BCUT2D eigenvalue weighted by molar-refractivity contribution is 7.98. The average Bonchev–Trinajstić information content (AvgIpc) is 3.54. The van der Waals surface area contributed by atoms with Crippen LogP contribution in [0.3, 0.4) is 0 Å². The zero-order valence-corrected chi connectivity index (χ0v) is 23.1. The van der Waals surface area contributed by atoms with Crippen molar-refractivity contribution in [3.63, 3.8) is 0 Å². The molecule has 0 saturated heterocycles. The van der Waals surface area contributed by atoms with E-state index < -0.39 is 0 Å². The summed E-state index contributed by atoms with van der Waals surface area (Å²) in [5.74, 6) is 1.23. The van der Waals surface area contributed by atoms with E-state index in [9.17, 15) is 4.39 Å². The fourth-order valence-corrected chi connectivity index (χ4v) is 6.02. The predicted octanol–water partition coefficient (Wildman–Crippen LogP) is 9.09. The Hall–Kier alpha value is -2.58. The molecular weight excluding hydrogens is 529 g/mol. The number of thiophene rings is 1. The van der Waals surface area contributed by atoms with Crippen molar-refractivity contribution in [3.05, 3.63) is 106 Å². The van der Waals surface area contributed by atoms with Crippen LogP contribution < -0.4 is 0 Å². The summed E-state index contributed by atoms with van der Waals surface area (Å²) in [5, 5.41) is 2.96. The average molecular weight is 554 g/mol. The number of hydrogen-bond acceptors (Lipinski definition) is 5. The van der Waals surface area contributed by atoms with Gasteiger partial charge in [-0.2, -0.15) is 0 Å². The van der Waals surface area contributed by atoms with Crippen LogP contribution in [0, 0.1) is 12.7 Å². The molecule has 184 valence electrons. The molecular formula is C28H25ClFN3S3. The molecule has 8 heteroatoms. The van der Waals surface area contributed by atoms with Crippen molar-refractivity contribution in [3.8, 4) is 22.5 Å². The number of aromatic nitrogens is 3. The third kappa shape index (κ3) is 7.01. The SMILES string of the molecule is CSc1cccc(CCl)c1.Cc1ccsc1CSc1nc(-c2ccncc2)c(-c2ccc(F)cc2)[nH]1. The van der Waals surface area contributed by atoms with Crippen molar-refractivity contribution in [2.45, 2.75) is 28.6 Å². The number of alkyl halides is 1. The van der Waals surface area contributed by atoms with Gasteiger partial charge in [-0.3, -0.25) is 4.98 Å². The number of nitrogens with one attached hydrogen (secondary N) is 1. The number of aromatic amines is 1. The summed E-state index contributed by atoms with van der Waals surface area (Å²) < 4.78 is 13.3. The van der Waals surface area contributed by atoms with Gasteiger partial charge < -0.3 is 4.98 Å². The van der Waals surface area contributed by atoms with Gasteiger partial charge in [0.15, 0.2) is 5.16 Å². The maximum Gasteiger partial charge on any atom is 0.166 e. The first-order valence-electron chi connectivity index (χ1n) is 11.2. The molecule has 1 N–H and O–H groups in total. The highest BCUT2D eigenvalue weighted by atomic mass is 35.5. The van der Waals surface area contributed by atoms with E-state index in [1.165, 1.54) is 33.0 Å². The lowest BCUT2D eigenvalue weighted by molar-refractivity contribution is 0.628. The summed E-state index contributed by atoms with van der Waals surface area (Å²) in [4.78, 5) is 14.9. The lowest BCUT2D eigenvalue weighted by atomic mass is 10.1. The molecule has 3 nitrogen and oxygen atoms in total. The lowest BCUT2D eigenvalue weighted by Crippen LogP contribution is -1.84. The normalized spacial score (nSPS) is 10.7. The van der Waals surface area contributed by atoms with Gasteiger partial charge in [-0.1, -0.05) is 23.9 Å². The molecule has 5 rings (SSSR count). The summed E-state index contributed by atoms with van der Waals surface area (Å²) in [6.45, 7) is 2.13. The molecule has 0 saturated carbocycles. The van der Waals surface area contributed by atoms with Crippen molar-refractivity contribution < 1.29 is 4.39 Å². The van der Waals surface area contributed by atoms with E-state index in [1.807, 2.05) is 24.3 Å². The molecule has 0 amide bonds. The molecule has 0 radical (unpaired) electrons. The second-order valence-electron chi connectivity index (χ2n) is 7.81. The number of benzene rings is 2. The molecule has 3 aromatic heterocycles. The quantitative estimate of drug-likeness (QED) is 0.161. The van der Waals surface area contributed by atoms with Crippen LogP contribution in [0.15, 0.2) is 94.6 Å².